The molecule has 116 valence electrons. The molecule has 1 aromatic carbocycles. The average molecular weight is 328 g/mol. The largest absolute Gasteiger partial charge is 0.418 e. The molecule has 0 saturated heterocycles. The predicted octanol–water partition coefficient (Wildman–Crippen LogP) is 2.98. The highest BCUT2D eigenvalue weighted by atomic mass is 32.1. The van der Waals surface area contributed by atoms with Gasteiger partial charge in [0.1, 0.15) is 5.01 Å². The molecule has 1 aliphatic rings. The van der Waals surface area contributed by atoms with Crippen LogP contribution in [0.1, 0.15) is 10.6 Å². The number of carbonyl (C=O) groups excluding carboxylic acids is 1. The van der Waals surface area contributed by atoms with Gasteiger partial charge in [-0.2, -0.15) is 13.2 Å². The van der Waals surface area contributed by atoms with Crippen LogP contribution in [0, 0.1) is 6.92 Å². The first-order valence-electron chi connectivity index (χ1n) is 6.32. The topological polar surface area (TPSA) is 49.3 Å². The molecule has 2 heterocycles. The summed E-state index contributed by atoms with van der Waals surface area (Å²) in [6.07, 6.45) is -4.79. The molecule has 2 aromatic rings. The van der Waals surface area contributed by atoms with Crippen LogP contribution in [0.25, 0.3) is 0 Å². The summed E-state index contributed by atoms with van der Waals surface area (Å²) in [5, 5.41) is 8.88. The second-order valence-corrected chi connectivity index (χ2v) is 5.97. The number of anilines is 3. The Morgan fingerprint density at radius 2 is 2.05 bits per heavy atom. The van der Waals surface area contributed by atoms with E-state index in [1.54, 1.807) is 13.0 Å². The Bertz CT molecular complexity index is 730. The SMILES string of the molecule is Cc1nnc(N2c3cccc(C(F)(F)F)c3N(C)C2C=O)s1. The van der Waals surface area contributed by atoms with Crippen molar-refractivity contribution in [1.29, 1.82) is 0 Å². The summed E-state index contributed by atoms with van der Waals surface area (Å²) in [5.41, 5.74) is -0.506. The number of para-hydroxylation sites is 1. The molecule has 0 fully saturated rings. The van der Waals surface area contributed by atoms with Gasteiger partial charge in [-0.25, -0.2) is 0 Å². The summed E-state index contributed by atoms with van der Waals surface area (Å²) < 4.78 is 39.7. The normalized spacial score (nSPS) is 17.8. The maximum Gasteiger partial charge on any atom is 0.418 e. The number of aryl methyl sites for hydroxylation is 1. The van der Waals surface area contributed by atoms with Crippen molar-refractivity contribution >= 4 is 34.1 Å². The number of carbonyl (C=O) groups is 1. The van der Waals surface area contributed by atoms with Crippen molar-refractivity contribution in [3.63, 3.8) is 0 Å². The van der Waals surface area contributed by atoms with Crippen molar-refractivity contribution in [2.24, 2.45) is 0 Å². The number of aromatic nitrogens is 2. The Kier molecular flexibility index (Phi) is 3.32. The maximum absolute atomic E-state index is 13.2. The monoisotopic (exact) mass is 328 g/mol. The number of alkyl halides is 3. The summed E-state index contributed by atoms with van der Waals surface area (Å²) in [6, 6.07) is 3.87. The van der Waals surface area contributed by atoms with E-state index in [9.17, 15) is 18.0 Å². The van der Waals surface area contributed by atoms with Crippen molar-refractivity contribution < 1.29 is 18.0 Å². The minimum atomic E-state index is -4.50. The zero-order valence-corrected chi connectivity index (χ0v) is 12.4. The lowest BCUT2D eigenvalue weighted by molar-refractivity contribution is -0.137. The van der Waals surface area contributed by atoms with E-state index in [4.69, 9.17) is 0 Å². The second kappa shape index (κ2) is 4.94. The third-order valence-corrected chi connectivity index (χ3v) is 4.27. The average Bonchev–Trinajstić information content (AvgIpc) is 2.99. The molecular weight excluding hydrogens is 317 g/mol. The Morgan fingerprint density at radius 1 is 1.32 bits per heavy atom. The molecular formula is C13H11F3N4OS. The molecule has 0 radical (unpaired) electrons. The first kappa shape index (κ1) is 14.8. The van der Waals surface area contributed by atoms with Gasteiger partial charge in [0.25, 0.3) is 0 Å². The molecule has 22 heavy (non-hydrogen) atoms. The highest BCUT2D eigenvalue weighted by molar-refractivity contribution is 7.15. The molecule has 0 spiro atoms. The van der Waals surface area contributed by atoms with Crippen molar-refractivity contribution in [3.05, 3.63) is 28.8 Å². The third-order valence-electron chi connectivity index (χ3n) is 3.44. The van der Waals surface area contributed by atoms with Gasteiger partial charge in [-0.3, -0.25) is 9.69 Å². The lowest BCUT2D eigenvalue weighted by Crippen LogP contribution is -2.40. The summed E-state index contributed by atoms with van der Waals surface area (Å²) in [4.78, 5) is 14.2. The number of hydrogen-bond acceptors (Lipinski definition) is 6. The van der Waals surface area contributed by atoms with Crippen LogP contribution in [-0.4, -0.2) is 29.7 Å². The van der Waals surface area contributed by atoms with Crippen LogP contribution >= 0.6 is 11.3 Å². The van der Waals surface area contributed by atoms with Gasteiger partial charge in [-0.05, 0) is 19.1 Å². The fourth-order valence-corrected chi connectivity index (χ4v) is 3.26. The molecule has 3 rings (SSSR count). The second-order valence-electron chi connectivity index (χ2n) is 4.81. The van der Waals surface area contributed by atoms with Crippen molar-refractivity contribution in [1.82, 2.24) is 10.2 Å². The van der Waals surface area contributed by atoms with E-state index >= 15 is 0 Å². The van der Waals surface area contributed by atoms with Crippen LogP contribution in [0.2, 0.25) is 0 Å². The van der Waals surface area contributed by atoms with E-state index in [1.807, 2.05) is 0 Å². The summed E-state index contributed by atoms with van der Waals surface area (Å²) >= 11 is 1.22. The van der Waals surface area contributed by atoms with E-state index in [0.717, 1.165) is 6.07 Å². The molecule has 1 aliphatic heterocycles. The molecule has 1 unspecified atom stereocenters. The van der Waals surface area contributed by atoms with Crippen LogP contribution in [0.15, 0.2) is 18.2 Å². The van der Waals surface area contributed by atoms with Crippen molar-refractivity contribution in [2.75, 3.05) is 16.8 Å². The van der Waals surface area contributed by atoms with E-state index < -0.39 is 17.9 Å². The fraction of sp³-hybridized carbons (Fsp3) is 0.308. The molecule has 0 N–H and O–H groups in total. The zero-order chi connectivity index (χ0) is 16.1. The van der Waals surface area contributed by atoms with Gasteiger partial charge in [-0.1, -0.05) is 17.4 Å². The number of rotatable bonds is 2. The van der Waals surface area contributed by atoms with Crippen LogP contribution in [-0.2, 0) is 11.0 Å². The minimum Gasteiger partial charge on any atom is -0.346 e. The standard InChI is InChI=1S/C13H11F3N4OS/c1-7-17-18-12(22-7)20-9-5-3-4-8(13(14,15)16)11(9)19(2)10(20)6-21/h3-6,10H,1-2H3. The highest BCUT2D eigenvalue weighted by Gasteiger charge is 2.43. The van der Waals surface area contributed by atoms with E-state index in [0.29, 0.717) is 22.1 Å². The summed E-state index contributed by atoms with van der Waals surface area (Å²) in [7, 11) is 1.46. The number of halogens is 3. The molecule has 1 atom stereocenters. The Balaban J connectivity index is 2.22. The molecule has 0 amide bonds. The van der Waals surface area contributed by atoms with Crippen LogP contribution < -0.4 is 9.80 Å². The van der Waals surface area contributed by atoms with Crippen LogP contribution in [0.5, 0.6) is 0 Å². The van der Waals surface area contributed by atoms with E-state index in [-0.39, 0.29) is 5.69 Å². The van der Waals surface area contributed by atoms with Crippen molar-refractivity contribution in [3.8, 4) is 0 Å². The number of aldehydes is 1. The van der Waals surface area contributed by atoms with E-state index in [2.05, 4.69) is 10.2 Å². The van der Waals surface area contributed by atoms with Gasteiger partial charge >= 0.3 is 6.18 Å². The quantitative estimate of drug-likeness (QED) is 0.793. The summed E-state index contributed by atoms with van der Waals surface area (Å²) in [6.45, 7) is 1.74. The number of nitrogens with zero attached hydrogens (tertiary/aromatic N) is 4. The lowest BCUT2D eigenvalue weighted by atomic mass is 10.1. The Hall–Kier alpha value is -2.16. The van der Waals surface area contributed by atoms with Gasteiger partial charge in [0.2, 0.25) is 5.13 Å². The number of fused-ring (bicyclic) bond motifs is 1. The number of likely N-dealkylation sites (N-methyl/N-ethyl adjacent to an activating group) is 1. The van der Waals surface area contributed by atoms with Crippen LogP contribution in [0.3, 0.4) is 0 Å². The number of hydrogen-bond donors (Lipinski definition) is 0. The Morgan fingerprint density at radius 3 is 2.59 bits per heavy atom. The molecule has 0 saturated carbocycles. The van der Waals surface area contributed by atoms with E-state index in [1.165, 1.54) is 34.3 Å². The van der Waals surface area contributed by atoms with Gasteiger partial charge in [0, 0.05) is 7.05 Å². The predicted molar refractivity (Wildman–Crippen MR) is 76.5 cm³/mol. The lowest BCUT2D eigenvalue weighted by Gasteiger charge is -2.23. The number of benzene rings is 1. The Labute approximate surface area is 128 Å². The van der Waals surface area contributed by atoms with Gasteiger partial charge < -0.3 is 4.90 Å². The maximum atomic E-state index is 13.2. The molecule has 5 nitrogen and oxygen atoms in total. The molecule has 1 aromatic heterocycles. The van der Waals surface area contributed by atoms with Gasteiger partial charge in [0.15, 0.2) is 12.5 Å². The molecule has 0 aliphatic carbocycles. The van der Waals surface area contributed by atoms with Crippen LogP contribution in [0.4, 0.5) is 29.7 Å². The highest BCUT2D eigenvalue weighted by Crippen LogP contribution is 2.49. The minimum absolute atomic E-state index is 0.0278. The van der Waals surface area contributed by atoms with Gasteiger partial charge in [0.05, 0.1) is 16.9 Å². The first-order chi connectivity index (χ1) is 10.3. The van der Waals surface area contributed by atoms with Gasteiger partial charge in [-0.15, -0.1) is 10.2 Å². The third kappa shape index (κ3) is 2.12. The zero-order valence-electron chi connectivity index (χ0n) is 11.6. The molecule has 0 bridgehead atoms. The van der Waals surface area contributed by atoms with Crippen molar-refractivity contribution in [2.45, 2.75) is 19.3 Å². The summed E-state index contributed by atoms with van der Waals surface area (Å²) in [5.74, 6) is 0. The fourth-order valence-electron chi connectivity index (χ4n) is 2.52. The molecule has 9 heteroatoms. The smallest absolute Gasteiger partial charge is 0.346 e. The first-order valence-corrected chi connectivity index (χ1v) is 7.14.